The molecule has 1 atom stereocenters. The van der Waals surface area contributed by atoms with Gasteiger partial charge in [0.2, 0.25) is 0 Å². The van der Waals surface area contributed by atoms with Crippen molar-refractivity contribution in [2.24, 2.45) is 0 Å². The van der Waals surface area contributed by atoms with Crippen LogP contribution in [0.2, 0.25) is 0 Å². The fourth-order valence-corrected chi connectivity index (χ4v) is 2.42. The molecule has 5 nitrogen and oxygen atoms in total. The molecule has 1 unspecified atom stereocenters. The van der Waals surface area contributed by atoms with Crippen LogP contribution >= 0.6 is 0 Å². The van der Waals surface area contributed by atoms with Crippen LogP contribution in [0, 0.1) is 0 Å². The molecule has 0 bridgehead atoms. The Hall–Kier alpha value is -0.950. The maximum Gasteiger partial charge on any atom is 0.294 e. The summed E-state index contributed by atoms with van der Waals surface area (Å²) in [6, 6.07) is 6.24. The van der Waals surface area contributed by atoms with Gasteiger partial charge < -0.3 is 0 Å². The number of benzene rings is 1. The van der Waals surface area contributed by atoms with Crippen LogP contribution in [0.3, 0.4) is 0 Å². The quantitative estimate of drug-likeness (QED) is 0.834. The SMILES string of the molecule is CCN1CCC(c2cccc(S(=O)(=O)O)c2)O1. The molecule has 1 heterocycles. The van der Waals surface area contributed by atoms with Crippen molar-refractivity contribution < 1.29 is 17.8 Å². The molecule has 0 amide bonds. The molecule has 0 aliphatic carbocycles. The van der Waals surface area contributed by atoms with Crippen molar-refractivity contribution >= 4 is 10.1 Å². The van der Waals surface area contributed by atoms with E-state index in [0.717, 1.165) is 25.1 Å². The second-order valence-electron chi connectivity index (χ2n) is 3.95. The van der Waals surface area contributed by atoms with Gasteiger partial charge in [-0.1, -0.05) is 19.1 Å². The molecule has 0 aromatic heterocycles. The molecule has 6 heteroatoms. The van der Waals surface area contributed by atoms with Crippen LogP contribution in [0.25, 0.3) is 0 Å². The summed E-state index contributed by atoms with van der Waals surface area (Å²) in [5, 5.41) is 1.84. The fraction of sp³-hybridized carbons (Fsp3) is 0.455. The average Bonchev–Trinajstić information content (AvgIpc) is 2.76. The fourth-order valence-electron chi connectivity index (χ4n) is 1.88. The molecule has 1 saturated heterocycles. The zero-order valence-electron chi connectivity index (χ0n) is 9.54. The average molecular weight is 257 g/mol. The van der Waals surface area contributed by atoms with E-state index in [-0.39, 0.29) is 11.0 Å². The summed E-state index contributed by atoms with van der Waals surface area (Å²) in [6.45, 7) is 3.63. The summed E-state index contributed by atoms with van der Waals surface area (Å²) >= 11 is 0. The largest absolute Gasteiger partial charge is 0.294 e. The zero-order valence-corrected chi connectivity index (χ0v) is 10.4. The standard InChI is InChI=1S/C11H15NO4S/c1-2-12-7-6-11(16-12)9-4-3-5-10(8-9)17(13,14)15/h3-5,8,11H,2,6-7H2,1H3,(H,13,14,15). The lowest BCUT2D eigenvalue weighted by Crippen LogP contribution is -2.16. The van der Waals surface area contributed by atoms with Crippen LogP contribution in [0.1, 0.15) is 25.0 Å². The molecule has 0 radical (unpaired) electrons. The number of rotatable bonds is 3. The van der Waals surface area contributed by atoms with Gasteiger partial charge in [-0.15, -0.1) is 0 Å². The Morgan fingerprint density at radius 2 is 2.29 bits per heavy atom. The van der Waals surface area contributed by atoms with Crippen molar-refractivity contribution in [3.05, 3.63) is 29.8 Å². The molecule has 17 heavy (non-hydrogen) atoms. The molecule has 1 aromatic rings. The first kappa shape index (κ1) is 12.5. The molecule has 94 valence electrons. The Balaban J connectivity index is 2.23. The Morgan fingerprint density at radius 3 is 2.88 bits per heavy atom. The topological polar surface area (TPSA) is 66.8 Å². The van der Waals surface area contributed by atoms with Crippen LogP contribution in [-0.2, 0) is 15.0 Å². The molecular formula is C11H15NO4S. The van der Waals surface area contributed by atoms with Crippen molar-refractivity contribution in [1.82, 2.24) is 5.06 Å². The normalized spacial score (nSPS) is 21.9. The van der Waals surface area contributed by atoms with E-state index in [9.17, 15) is 8.42 Å². The first-order valence-corrected chi connectivity index (χ1v) is 6.94. The highest BCUT2D eigenvalue weighted by molar-refractivity contribution is 7.85. The molecule has 2 rings (SSSR count). The number of nitrogens with zero attached hydrogens (tertiary/aromatic N) is 1. The van der Waals surface area contributed by atoms with Crippen molar-refractivity contribution in [3.8, 4) is 0 Å². The molecule has 1 fully saturated rings. The number of hydrogen-bond donors (Lipinski definition) is 1. The smallest absolute Gasteiger partial charge is 0.291 e. The summed E-state index contributed by atoms with van der Waals surface area (Å²) in [4.78, 5) is 5.53. The van der Waals surface area contributed by atoms with Crippen molar-refractivity contribution in [2.45, 2.75) is 24.3 Å². The van der Waals surface area contributed by atoms with Crippen LogP contribution in [0.5, 0.6) is 0 Å². The highest BCUT2D eigenvalue weighted by Gasteiger charge is 2.24. The van der Waals surface area contributed by atoms with Gasteiger partial charge >= 0.3 is 0 Å². The number of hydrogen-bond acceptors (Lipinski definition) is 4. The molecule has 1 aromatic carbocycles. The highest BCUT2D eigenvalue weighted by Crippen LogP contribution is 2.29. The van der Waals surface area contributed by atoms with E-state index in [1.54, 1.807) is 12.1 Å². The van der Waals surface area contributed by atoms with E-state index >= 15 is 0 Å². The van der Waals surface area contributed by atoms with E-state index in [0.29, 0.717) is 0 Å². The second-order valence-corrected chi connectivity index (χ2v) is 5.37. The third-order valence-corrected chi connectivity index (χ3v) is 3.65. The number of hydroxylamine groups is 2. The Bertz CT molecular complexity index is 500. The van der Waals surface area contributed by atoms with Crippen LogP contribution in [0.4, 0.5) is 0 Å². The Kier molecular flexibility index (Phi) is 3.48. The van der Waals surface area contributed by atoms with Gasteiger partial charge in [0, 0.05) is 13.1 Å². The third-order valence-electron chi connectivity index (χ3n) is 2.80. The van der Waals surface area contributed by atoms with Crippen molar-refractivity contribution in [1.29, 1.82) is 0 Å². The van der Waals surface area contributed by atoms with Gasteiger partial charge in [0.05, 0.1) is 4.90 Å². The Morgan fingerprint density at radius 1 is 1.53 bits per heavy atom. The van der Waals surface area contributed by atoms with Gasteiger partial charge in [0.1, 0.15) is 6.10 Å². The van der Waals surface area contributed by atoms with Crippen LogP contribution in [-0.4, -0.2) is 31.1 Å². The summed E-state index contributed by atoms with van der Waals surface area (Å²) in [6.07, 6.45) is 0.694. The van der Waals surface area contributed by atoms with Crippen LogP contribution < -0.4 is 0 Å². The van der Waals surface area contributed by atoms with Gasteiger partial charge in [-0.3, -0.25) is 9.39 Å². The first-order valence-electron chi connectivity index (χ1n) is 5.50. The van der Waals surface area contributed by atoms with Gasteiger partial charge in [-0.05, 0) is 24.1 Å². The zero-order chi connectivity index (χ0) is 12.5. The Labute approximate surface area is 101 Å². The lowest BCUT2D eigenvalue weighted by atomic mass is 10.1. The molecule has 0 saturated carbocycles. The second kappa shape index (κ2) is 4.73. The summed E-state index contributed by atoms with van der Waals surface area (Å²) in [7, 11) is -4.14. The third kappa shape index (κ3) is 2.84. The summed E-state index contributed by atoms with van der Waals surface area (Å²) in [5.41, 5.74) is 0.774. The van der Waals surface area contributed by atoms with Crippen LogP contribution in [0.15, 0.2) is 29.2 Å². The minimum Gasteiger partial charge on any atom is -0.291 e. The van der Waals surface area contributed by atoms with Gasteiger partial charge in [-0.2, -0.15) is 13.5 Å². The lowest BCUT2D eigenvalue weighted by Gasteiger charge is -2.14. The predicted octanol–water partition coefficient (Wildman–Crippen LogP) is 1.63. The molecular weight excluding hydrogens is 242 g/mol. The monoisotopic (exact) mass is 257 g/mol. The predicted molar refractivity (Wildman–Crippen MR) is 61.9 cm³/mol. The maximum absolute atomic E-state index is 11.0. The van der Waals surface area contributed by atoms with Crippen molar-refractivity contribution in [2.75, 3.05) is 13.1 Å². The van der Waals surface area contributed by atoms with E-state index in [1.165, 1.54) is 12.1 Å². The molecule has 1 N–H and O–H groups in total. The molecule has 1 aliphatic heterocycles. The highest BCUT2D eigenvalue weighted by atomic mass is 32.2. The van der Waals surface area contributed by atoms with Gasteiger partial charge in [-0.25, -0.2) is 0 Å². The molecule has 1 aliphatic rings. The van der Waals surface area contributed by atoms with E-state index in [1.807, 2.05) is 12.0 Å². The molecule has 0 spiro atoms. The summed E-state index contributed by atoms with van der Waals surface area (Å²) in [5.74, 6) is 0. The minimum atomic E-state index is -4.14. The van der Waals surface area contributed by atoms with Gasteiger partial charge in [0.15, 0.2) is 0 Å². The van der Waals surface area contributed by atoms with Crippen molar-refractivity contribution in [3.63, 3.8) is 0 Å². The van der Waals surface area contributed by atoms with Gasteiger partial charge in [0.25, 0.3) is 10.1 Å². The lowest BCUT2D eigenvalue weighted by molar-refractivity contribution is -0.144. The summed E-state index contributed by atoms with van der Waals surface area (Å²) < 4.78 is 31.0. The van der Waals surface area contributed by atoms with E-state index in [2.05, 4.69) is 0 Å². The first-order chi connectivity index (χ1) is 8.00. The maximum atomic E-state index is 11.0. The minimum absolute atomic E-state index is 0.0893. The van der Waals surface area contributed by atoms with E-state index in [4.69, 9.17) is 9.39 Å². The van der Waals surface area contributed by atoms with E-state index < -0.39 is 10.1 Å².